The van der Waals surface area contributed by atoms with Gasteiger partial charge in [0.15, 0.2) is 0 Å². The summed E-state index contributed by atoms with van der Waals surface area (Å²) in [5.74, 6) is -1.63. The summed E-state index contributed by atoms with van der Waals surface area (Å²) in [6, 6.07) is 0. The lowest BCUT2D eigenvalue weighted by molar-refractivity contribution is -0.484. The van der Waals surface area contributed by atoms with E-state index in [0.717, 1.165) is 0 Å². The molecule has 106 valence electrons. The minimum Gasteiger partial charge on any atom is -0.466 e. The molecule has 2 atom stereocenters. The molecule has 1 unspecified atom stereocenters. The van der Waals surface area contributed by atoms with Gasteiger partial charge in [-0.05, 0) is 13.3 Å². The lowest BCUT2D eigenvalue weighted by atomic mass is 9.87. The van der Waals surface area contributed by atoms with Crippen LogP contribution in [0.2, 0.25) is 0 Å². The van der Waals surface area contributed by atoms with Crippen LogP contribution < -0.4 is 0 Å². The summed E-state index contributed by atoms with van der Waals surface area (Å²) in [7, 11) is 1.62. The van der Waals surface area contributed by atoms with E-state index >= 15 is 0 Å². The second kappa shape index (κ2) is 6.81. The Morgan fingerprint density at radius 2 is 2.26 bits per heavy atom. The summed E-state index contributed by atoms with van der Waals surface area (Å²) in [6.07, 6.45) is 1.91. The Morgan fingerprint density at radius 3 is 2.68 bits per heavy atom. The Bertz CT molecular complexity index is 446. The normalized spacial score (nSPS) is 13.8. The van der Waals surface area contributed by atoms with Crippen molar-refractivity contribution in [3.8, 4) is 0 Å². The van der Waals surface area contributed by atoms with E-state index in [1.54, 1.807) is 20.9 Å². The summed E-state index contributed by atoms with van der Waals surface area (Å²) in [4.78, 5) is 23.5. The number of carbonyl (C=O) groups is 1. The maximum atomic E-state index is 11.9. The third-order valence-corrected chi connectivity index (χ3v) is 2.86. The van der Waals surface area contributed by atoms with Gasteiger partial charge in [0.25, 0.3) is 0 Å². The first-order chi connectivity index (χ1) is 8.99. The molecule has 0 N–H and O–H groups in total. The van der Waals surface area contributed by atoms with Crippen molar-refractivity contribution in [2.75, 3.05) is 13.2 Å². The second-order valence-corrected chi connectivity index (χ2v) is 4.15. The van der Waals surface area contributed by atoms with Crippen LogP contribution in [0.15, 0.2) is 6.20 Å². The molecule has 0 saturated heterocycles. The Hall–Kier alpha value is -1.99. The van der Waals surface area contributed by atoms with E-state index in [9.17, 15) is 14.9 Å². The molecule has 8 heteroatoms. The Labute approximate surface area is 110 Å². The molecular formula is C11H18N4O4. The fraction of sp³-hybridized carbons (Fsp3) is 0.727. The van der Waals surface area contributed by atoms with Crippen LogP contribution in [0.3, 0.4) is 0 Å². The smallest absolute Gasteiger partial charge is 0.309 e. The lowest BCUT2D eigenvalue weighted by Gasteiger charge is -2.19. The van der Waals surface area contributed by atoms with Gasteiger partial charge < -0.3 is 4.74 Å². The predicted molar refractivity (Wildman–Crippen MR) is 66.0 cm³/mol. The average Bonchev–Trinajstić information content (AvgIpc) is 2.75. The first kappa shape index (κ1) is 15.1. The number of hydrogen-bond acceptors (Lipinski definition) is 6. The molecule has 1 heterocycles. The van der Waals surface area contributed by atoms with Gasteiger partial charge in [-0.15, -0.1) is 0 Å². The maximum absolute atomic E-state index is 11.9. The molecule has 0 bridgehead atoms. The van der Waals surface area contributed by atoms with Gasteiger partial charge in [-0.25, -0.2) is 0 Å². The number of carbonyl (C=O) groups excluding carboxylic acids is 1. The zero-order valence-corrected chi connectivity index (χ0v) is 11.3. The molecule has 0 fully saturated rings. The van der Waals surface area contributed by atoms with Crippen LogP contribution in [0.1, 0.15) is 31.9 Å². The number of hydrogen-bond donors (Lipinski definition) is 0. The summed E-state index contributed by atoms with van der Waals surface area (Å²) in [5.41, 5.74) is 0.444. The van der Waals surface area contributed by atoms with Crippen LogP contribution in [0.5, 0.6) is 0 Å². The van der Waals surface area contributed by atoms with Crippen molar-refractivity contribution in [1.29, 1.82) is 0 Å². The van der Waals surface area contributed by atoms with Crippen molar-refractivity contribution >= 4 is 5.97 Å². The van der Waals surface area contributed by atoms with E-state index in [1.807, 2.05) is 0 Å². The maximum Gasteiger partial charge on any atom is 0.309 e. The first-order valence-corrected chi connectivity index (χ1v) is 6.14. The molecular weight excluding hydrogens is 252 g/mol. The van der Waals surface area contributed by atoms with Crippen molar-refractivity contribution in [3.05, 3.63) is 22.0 Å². The van der Waals surface area contributed by atoms with Gasteiger partial charge >= 0.3 is 5.97 Å². The van der Waals surface area contributed by atoms with Gasteiger partial charge in [0, 0.05) is 12.0 Å². The fourth-order valence-electron chi connectivity index (χ4n) is 1.98. The molecule has 0 radical (unpaired) electrons. The number of aryl methyl sites for hydroxylation is 1. The van der Waals surface area contributed by atoms with Gasteiger partial charge in [0.1, 0.15) is 0 Å². The van der Waals surface area contributed by atoms with E-state index < -0.39 is 22.7 Å². The van der Waals surface area contributed by atoms with E-state index in [1.165, 1.54) is 11.0 Å². The zero-order valence-electron chi connectivity index (χ0n) is 11.3. The monoisotopic (exact) mass is 270 g/mol. The standard InChI is InChI=1S/C11H18N4O4/c1-4-8(11(16)19-5-2)9(7-15(17)18)10-6-12-14(3)13-10/h6,8-9H,4-5,7H2,1-3H3/t8?,9-/m0/s1. The minimum absolute atomic E-state index is 0.251. The summed E-state index contributed by atoms with van der Waals surface area (Å²) < 4.78 is 4.97. The van der Waals surface area contributed by atoms with Gasteiger partial charge in [-0.2, -0.15) is 15.0 Å². The molecule has 0 aliphatic heterocycles. The molecule has 1 aromatic heterocycles. The highest BCUT2D eigenvalue weighted by atomic mass is 16.6. The molecule has 0 spiro atoms. The third-order valence-electron chi connectivity index (χ3n) is 2.86. The van der Waals surface area contributed by atoms with Crippen LogP contribution in [-0.4, -0.2) is 39.0 Å². The highest BCUT2D eigenvalue weighted by molar-refractivity contribution is 5.73. The number of nitrogens with zero attached hydrogens (tertiary/aromatic N) is 4. The number of nitro groups is 1. The number of ether oxygens (including phenoxy) is 1. The zero-order chi connectivity index (χ0) is 14.4. The molecule has 1 rings (SSSR count). The van der Waals surface area contributed by atoms with Crippen LogP contribution in [0.25, 0.3) is 0 Å². The summed E-state index contributed by atoms with van der Waals surface area (Å²) in [6.45, 7) is 3.39. The van der Waals surface area contributed by atoms with Gasteiger partial charge in [-0.3, -0.25) is 14.9 Å². The summed E-state index contributed by atoms with van der Waals surface area (Å²) >= 11 is 0. The van der Waals surface area contributed by atoms with Crippen LogP contribution in [0.4, 0.5) is 0 Å². The minimum atomic E-state index is -0.618. The highest BCUT2D eigenvalue weighted by Crippen LogP contribution is 2.27. The molecule has 19 heavy (non-hydrogen) atoms. The molecule has 0 amide bonds. The Balaban J connectivity index is 3.00. The van der Waals surface area contributed by atoms with Crippen LogP contribution >= 0.6 is 0 Å². The molecule has 0 aliphatic carbocycles. The lowest BCUT2D eigenvalue weighted by Crippen LogP contribution is -2.29. The number of rotatable bonds is 7. The van der Waals surface area contributed by atoms with Gasteiger partial charge in [0.2, 0.25) is 6.54 Å². The summed E-state index contributed by atoms with van der Waals surface area (Å²) in [5, 5.41) is 18.8. The van der Waals surface area contributed by atoms with E-state index in [0.29, 0.717) is 12.1 Å². The van der Waals surface area contributed by atoms with Crippen molar-refractivity contribution in [2.45, 2.75) is 26.2 Å². The van der Waals surface area contributed by atoms with Crippen LogP contribution in [-0.2, 0) is 16.6 Å². The van der Waals surface area contributed by atoms with Gasteiger partial charge in [-0.1, -0.05) is 6.92 Å². The quantitative estimate of drug-likeness (QED) is 0.412. The topological polar surface area (TPSA) is 100 Å². The number of esters is 1. The largest absolute Gasteiger partial charge is 0.466 e. The molecule has 0 aromatic carbocycles. The molecule has 0 saturated carbocycles. The molecule has 0 aliphatic rings. The van der Waals surface area contributed by atoms with Crippen molar-refractivity contribution in [2.24, 2.45) is 13.0 Å². The van der Waals surface area contributed by atoms with Crippen molar-refractivity contribution in [3.63, 3.8) is 0 Å². The van der Waals surface area contributed by atoms with Gasteiger partial charge in [0.05, 0.1) is 30.3 Å². The average molecular weight is 270 g/mol. The fourth-order valence-corrected chi connectivity index (χ4v) is 1.98. The Kier molecular flexibility index (Phi) is 5.40. The van der Waals surface area contributed by atoms with E-state index in [2.05, 4.69) is 10.2 Å². The van der Waals surface area contributed by atoms with E-state index in [4.69, 9.17) is 4.74 Å². The molecule has 1 aromatic rings. The third kappa shape index (κ3) is 4.01. The Morgan fingerprint density at radius 1 is 1.58 bits per heavy atom. The highest BCUT2D eigenvalue weighted by Gasteiger charge is 2.35. The van der Waals surface area contributed by atoms with Crippen LogP contribution in [0, 0.1) is 16.0 Å². The SMILES string of the molecule is CCOC(=O)C(CC)[C@H](C[N+](=O)[O-])c1cnn(C)n1. The van der Waals surface area contributed by atoms with Crippen molar-refractivity contribution in [1.82, 2.24) is 15.0 Å². The first-order valence-electron chi connectivity index (χ1n) is 6.14. The second-order valence-electron chi connectivity index (χ2n) is 4.15. The van der Waals surface area contributed by atoms with Crippen molar-refractivity contribution < 1.29 is 14.5 Å². The molecule has 8 nitrogen and oxygen atoms in total. The van der Waals surface area contributed by atoms with E-state index in [-0.39, 0.29) is 13.2 Å². The number of aromatic nitrogens is 3. The predicted octanol–water partition coefficient (Wildman–Crippen LogP) is 0.765.